The van der Waals surface area contributed by atoms with Crippen LogP contribution in [0.15, 0.2) is 30.4 Å². The van der Waals surface area contributed by atoms with Gasteiger partial charge in [-0.3, -0.25) is 4.79 Å². The van der Waals surface area contributed by atoms with Crippen molar-refractivity contribution in [2.75, 3.05) is 0 Å². The first kappa shape index (κ1) is 13.0. The molecule has 1 rings (SSSR count). The highest BCUT2D eigenvalue weighted by Gasteiger charge is 2.17. The first-order valence-electron chi connectivity index (χ1n) is 5.34. The van der Waals surface area contributed by atoms with Gasteiger partial charge in [-0.2, -0.15) is 0 Å². The maximum Gasteiger partial charge on any atom is 0.193 e. The minimum atomic E-state index is -0.412. The lowest BCUT2D eigenvalue weighted by Gasteiger charge is -2.09. The van der Waals surface area contributed by atoms with E-state index in [-0.39, 0.29) is 17.1 Å². The van der Waals surface area contributed by atoms with E-state index in [0.29, 0.717) is 11.1 Å². The van der Waals surface area contributed by atoms with Crippen LogP contribution in [0.3, 0.4) is 0 Å². The van der Waals surface area contributed by atoms with E-state index in [9.17, 15) is 15.0 Å². The van der Waals surface area contributed by atoms with Crippen LogP contribution in [-0.4, -0.2) is 16.0 Å². The molecule has 0 atom stereocenters. The average molecular weight is 232 g/mol. The third kappa shape index (κ3) is 2.75. The number of carbonyl (C=O) groups is 1. The van der Waals surface area contributed by atoms with Crippen molar-refractivity contribution in [3.8, 4) is 11.5 Å². The van der Waals surface area contributed by atoms with Gasteiger partial charge in [0.2, 0.25) is 0 Å². The molecule has 0 amide bonds. The molecule has 0 radical (unpaired) electrons. The molecule has 3 heteroatoms. The van der Waals surface area contributed by atoms with Gasteiger partial charge in [0.25, 0.3) is 0 Å². The zero-order valence-corrected chi connectivity index (χ0v) is 10.2. The second-order valence-corrected chi connectivity index (χ2v) is 3.83. The topological polar surface area (TPSA) is 57.5 Å². The van der Waals surface area contributed by atoms with E-state index in [0.717, 1.165) is 0 Å². The van der Waals surface area contributed by atoms with Gasteiger partial charge in [0.1, 0.15) is 17.1 Å². The Balaban J connectivity index is 3.26. The summed E-state index contributed by atoms with van der Waals surface area (Å²) in [5, 5.41) is 19.6. The minimum absolute atomic E-state index is 0.0387. The quantitative estimate of drug-likeness (QED) is 0.478. The number of phenols is 2. The molecular formula is C14H16O3. The standard InChI is InChI=1S/C14H16O3/c1-4-5-6-7-11(15)12-13(16)9(2)8-10(3)14(12)17/h4-8,16-17H,1-3H3/b5-4+,7-6+. The summed E-state index contributed by atoms with van der Waals surface area (Å²) in [6, 6.07) is 1.64. The fourth-order valence-corrected chi connectivity index (χ4v) is 1.54. The summed E-state index contributed by atoms with van der Waals surface area (Å²) in [4.78, 5) is 11.8. The number of carbonyl (C=O) groups excluding carboxylic acids is 1. The lowest BCUT2D eigenvalue weighted by Crippen LogP contribution is -1.98. The molecule has 0 aliphatic rings. The highest BCUT2D eigenvalue weighted by molar-refractivity contribution is 6.09. The van der Waals surface area contributed by atoms with Crippen LogP contribution in [0.1, 0.15) is 28.4 Å². The lowest BCUT2D eigenvalue weighted by molar-refractivity contribution is 0.104. The summed E-state index contributed by atoms with van der Waals surface area (Å²) in [5.41, 5.74) is 1.11. The van der Waals surface area contributed by atoms with Crippen LogP contribution in [0.4, 0.5) is 0 Å². The summed E-state index contributed by atoms with van der Waals surface area (Å²) in [7, 11) is 0. The van der Waals surface area contributed by atoms with Crippen LogP contribution < -0.4 is 0 Å². The first-order valence-corrected chi connectivity index (χ1v) is 5.34. The summed E-state index contributed by atoms with van der Waals surface area (Å²) >= 11 is 0. The van der Waals surface area contributed by atoms with Crippen molar-refractivity contribution in [2.24, 2.45) is 0 Å². The highest BCUT2D eigenvalue weighted by atomic mass is 16.3. The SMILES string of the molecule is C/C=C/C=C/C(=O)c1c(O)c(C)cc(C)c1O. The Morgan fingerprint density at radius 3 is 2.12 bits per heavy atom. The van der Waals surface area contributed by atoms with Gasteiger partial charge in [-0.15, -0.1) is 0 Å². The molecule has 2 N–H and O–H groups in total. The molecule has 1 aromatic rings. The van der Waals surface area contributed by atoms with Gasteiger partial charge >= 0.3 is 0 Å². The Kier molecular flexibility index (Phi) is 4.10. The molecule has 0 aliphatic carbocycles. The number of ketones is 1. The number of hydrogen-bond donors (Lipinski definition) is 2. The van der Waals surface area contributed by atoms with E-state index in [4.69, 9.17) is 0 Å². The zero-order chi connectivity index (χ0) is 13.0. The summed E-state index contributed by atoms with van der Waals surface area (Å²) in [6.45, 7) is 5.21. The smallest absolute Gasteiger partial charge is 0.193 e. The molecule has 0 heterocycles. The number of benzene rings is 1. The molecule has 0 spiro atoms. The van der Waals surface area contributed by atoms with E-state index >= 15 is 0 Å². The number of hydrogen-bond acceptors (Lipinski definition) is 3. The molecule has 0 bridgehead atoms. The third-order valence-corrected chi connectivity index (χ3v) is 2.45. The van der Waals surface area contributed by atoms with Crippen molar-refractivity contribution in [1.82, 2.24) is 0 Å². The fraction of sp³-hybridized carbons (Fsp3) is 0.214. The van der Waals surface area contributed by atoms with E-state index < -0.39 is 5.78 Å². The zero-order valence-electron chi connectivity index (χ0n) is 10.2. The largest absolute Gasteiger partial charge is 0.507 e. The Hall–Kier alpha value is -2.03. The van der Waals surface area contributed by atoms with E-state index in [1.54, 1.807) is 38.1 Å². The first-order chi connectivity index (χ1) is 7.99. The molecule has 3 nitrogen and oxygen atoms in total. The van der Waals surface area contributed by atoms with E-state index in [1.807, 2.05) is 6.92 Å². The Morgan fingerprint density at radius 2 is 1.65 bits per heavy atom. The molecule has 0 saturated carbocycles. The molecule has 0 aliphatic heterocycles. The van der Waals surface area contributed by atoms with Gasteiger partial charge < -0.3 is 10.2 Å². The van der Waals surface area contributed by atoms with Crippen LogP contribution in [-0.2, 0) is 0 Å². The minimum Gasteiger partial charge on any atom is -0.507 e. The Labute approximate surface area is 101 Å². The number of rotatable bonds is 3. The highest BCUT2D eigenvalue weighted by Crippen LogP contribution is 2.33. The molecule has 0 unspecified atom stereocenters. The molecule has 0 saturated heterocycles. The van der Waals surface area contributed by atoms with Gasteiger partial charge in [0.05, 0.1) is 0 Å². The predicted octanol–water partition coefficient (Wildman–Crippen LogP) is 3.03. The normalized spacial score (nSPS) is 11.5. The van der Waals surface area contributed by atoms with Crippen molar-refractivity contribution in [1.29, 1.82) is 0 Å². The summed E-state index contributed by atoms with van der Waals surface area (Å²) in [5.74, 6) is -0.739. The van der Waals surface area contributed by atoms with E-state index in [1.165, 1.54) is 6.08 Å². The number of phenolic OH excluding ortho intramolecular Hbond substituents is 2. The van der Waals surface area contributed by atoms with Crippen LogP contribution >= 0.6 is 0 Å². The molecule has 90 valence electrons. The van der Waals surface area contributed by atoms with Gasteiger partial charge in [0, 0.05) is 0 Å². The fourth-order valence-electron chi connectivity index (χ4n) is 1.54. The number of allylic oxidation sites excluding steroid dienone is 4. The van der Waals surface area contributed by atoms with Crippen molar-refractivity contribution >= 4 is 5.78 Å². The summed E-state index contributed by atoms with van der Waals surface area (Å²) in [6.07, 6.45) is 6.37. The average Bonchev–Trinajstić information content (AvgIpc) is 2.27. The van der Waals surface area contributed by atoms with Crippen LogP contribution in [0.25, 0.3) is 0 Å². The van der Waals surface area contributed by atoms with Crippen molar-refractivity contribution < 1.29 is 15.0 Å². The predicted molar refractivity (Wildman–Crippen MR) is 67.5 cm³/mol. The second kappa shape index (κ2) is 5.34. The Morgan fingerprint density at radius 1 is 1.12 bits per heavy atom. The number of aryl methyl sites for hydroxylation is 2. The van der Waals surface area contributed by atoms with Crippen LogP contribution in [0.2, 0.25) is 0 Å². The maximum atomic E-state index is 11.8. The lowest BCUT2D eigenvalue weighted by atomic mass is 10.0. The summed E-state index contributed by atoms with van der Waals surface area (Å²) < 4.78 is 0. The third-order valence-electron chi connectivity index (χ3n) is 2.45. The van der Waals surface area contributed by atoms with Crippen LogP contribution in [0.5, 0.6) is 11.5 Å². The van der Waals surface area contributed by atoms with Crippen molar-refractivity contribution in [3.05, 3.63) is 47.1 Å². The van der Waals surface area contributed by atoms with Gasteiger partial charge in [-0.1, -0.05) is 18.2 Å². The van der Waals surface area contributed by atoms with Crippen molar-refractivity contribution in [3.63, 3.8) is 0 Å². The van der Waals surface area contributed by atoms with Gasteiger partial charge in [-0.25, -0.2) is 0 Å². The van der Waals surface area contributed by atoms with E-state index in [2.05, 4.69) is 0 Å². The second-order valence-electron chi connectivity index (χ2n) is 3.83. The maximum absolute atomic E-state index is 11.8. The molecule has 1 aromatic carbocycles. The Bertz CT molecular complexity index is 470. The molecular weight excluding hydrogens is 216 g/mol. The van der Waals surface area contributed by atoms with Crippen molar-refractivity contribution in [2.45, 2.75) is 20.8 Å². The number of aromatic hydroxyl groups is 2. The molecule has 0 aromatic heterocycles. The molecule has 0 fully saturated rings. The van der Waals surface area contributed by atoms with Crippen LogP contribution in [0, 0.1) is 13.8 Å². The van der Waals surface area contributed by atoms with Gasteiger partial charge in [-0.05, 0) is 44.0 Å². The molecule has 17 heavy (non-hydrogen) atoms. The van der Waals surface area contributed by atoms with Gasteiger partial charge in [0.15, 0.2) is 5.78 Å². The monoisotopic (exact) mass is 232 g/mol.